The van der Waals surface area contributed by atoms with Crippen LogP contribution in [0.15, 0.2) is 22.7 Å². The fourth-order valence-corrected chi connectivity index (χ4v) is 1.40. The second-order valence-electron chi connectivity index (χ2n) is 3.27. The number of benzene rings is 1. The first-order valence-electron chi connectivity index (χ1n) is 4.84. The summed E-state index contributed by atoms with van der Waals surface area (Å²) >= 11 is 3.14. The number of amides is 1. The predicted molar refractivity (Wildman–Crippen MR) is 66.2 cm³/mol. The zero-order valence-electron chi connectivity index (χ0n) is 8.83. The lowest BCUT2D eigenvalue weighted by Gasteiger charge is -2.10. The number of carbonyl (C=O) groups is 1. The molecule has 1 unspecified atom stereocenters. The molecule has 4 heteroatoms. The van der Waals surface area contributed by atoms with Gasteiger partial charge < -0.3 is 10.4 Å². The number of carbonyl (C=O) groups excluding carboxylic acids is 1. The van der Waals surface area contributed by atoms with E-state index in [9.17, 15) is 9.90 Å². The Kier molecular flexibility index (Phi) is 4.39. The number of hydrogen-bond acceptors (Lipinski definition) is 2. The third-order valence-electron chi connectivity index (χ3n) is 2.12. The lowest BCUT2D eigenvalue weighted by atomic mass is 10.1. The fraction of sp³-hybridized carbons (Fsp3) is 0.250. The molecule has 0 heterocycles. The first-order valence-corrected chi connectivity index (χ1v) is 5.63. The molecule has 0 aliphatic rings. The monoisotopic (exact) mass is 281 g/mol. The van der Waals surface area contributed by atoms with Crippen LogP contribution >= 0.6 is 15.9 Å². The van der Waals surface area contributed by atoms with Crippen molar-refractivity contribution in [3.8, 4) is 18.1 Å². The van der Waals surface area contributed by atoms with Crippen molar-refractivity contribution in [2.45, 2.75) is 19.4 Å². The molecule has 1 atom stereocenters. The molecule has 0 aliphatic heterocycles. The molecule has 1 aromatic carbocycles. The Hall–Kier alpha value is -1.47. The van der Waals surface area contributed by atoms with Crippen LogP contribution in [0.5, 0.6) is 5.75 Å². The van der Waals surface area contributed by atoms with E-state index in [-0.39, 0.29) is 17.7 Å². The molecule has 1 aromatic rings. The first kappa shape index (κ1) is 12.6. The van der Waals surface area contributed by atoms with Gasteiger partial charge in [-0.25, -0.2) is 0 Å². The lowest BCUT2D eigenvalue weighted by Crippen LogP contribution is -2.33. The summed E-state index contributed by atoms with van der Waals surface area (Å²) in [5, 5.41) is 12.1. The third-order valence-corrected chi connectivity index (χ3v) is 2.79. The van der Waals surface area contributed by atoms with Crippen molar-refractivity contribution < 1.29 is 9.90 Å². The average molecular weight is 282 g/mol. The molecule has 0 fully saturated rings. The van der Waals surface area contributed by atoms with Gasteiger partial charge in [0.1, 0.15) is 5.75 Å². The maximum absolute atomic E-state index is 11.7. The van der Waals surface area contributed by atoms with Crippen LogP contribution in [-0.2, 0) is 0 Å². The summed E-state index contributed by atoms with van der Waals surface area (Å²) in [4.78, 5) is 11.7. The first-order chi connectivity index (χ1) is 7.58. The highest BCUT2D eigenvalue weighted by molar-refractivity contribution is 9.10. The molecule has 1 amide bonds. The summed E-state index contributed by atoms with van der Waals surface area (Å²) in [6.07, 6.45) is 5.91. The van der Waals surface area contributed by atoms with Gasteiger partial charge in [-0.3, -0.25) is 4.79 Å². The van der Waals surface area contributed by atoms with Crippen molar-refractivity contribution in [1.82, 2.24) is 5.32 Å². The topological polar surface area (TPSA) is 49.3 Å². The molecule has 2 N–H and O–H groups in total. The van der Waals surface area contributed by atoms with Crippen molar-refractivity contribution in [2.75, 3.05) is 0 Å². The second kappa shape index (κ2) is 5.57. The highest BCUT2D eigenvalue weighted by Crippen LogP contribution is 2.24. The number of hydrogen-bond donors (Lipinski definition) is 2. The van der Waals surface area contributed by atoms with Gasteiger partial charge in [0.15, 0.2) is 0 Å². The molecule has 0 aliphatic carbocycles. The van der Waals surface area contributed by atoms with Gasteiger partial charge in [0, 0.05) is 5.56 Å². The molecule has 1 rings (SSSR count). The lowest BCUT2D eigenvalue weighted by molar-refractivity contribution is 0.0944. The molecule has 0 aromatic heterocycles. The second-order valence-corrected chi connectivity index (χ2v) is 4.12. The normalized spacial score (nSPS) is 11.6. The number of terminal acetylenes is 1. The van der Waals surface area contributed by atoms with Crippen LogP contribution in [0.3, 0.4) is 0 Å². The van der Waals surface area contributed by atoms with Crippen LogP contribution in [0.25, 0.3) is 0 Å². The van der Waals surface area contributed by atoms with E-state index in [4.69, 9.17) is 6.42 Å². The molecule has 0 radical (unpaired) electrons. The van der Waals surface area contributed by atoms with E-state index in [0.29, 0.717) is 16.5 Å². The molecule has 84 valence electrons. The molecule has 0 saturated heterocycles. The standard InChI is InChI=1S/C12H12BrNO2/c1-3-9(4-2)14-12(16)8-5-6-10(13)11(15)7-8/h1,5-7,9,15H,4H2,2H3,(H,14,16). The zero-order chi connectivity index (χ0) is 12.1. The molecule has 0 spiro atoms. The van der Waals surface area contributed by atoms with E-state index in [2.05, 4.69) is 27.2 Å². The summed E-state index contributed by atoms with van der Waals surface area (Å²) in [6.45, 7) is 1.89. The van der Waals surface area contributed by atoms with E-state index in [1.807, 2.05) is 6.92 Å². The minimum Gasteiger partial charge on any atom is -0.507 e. The minimum atomic E-state index is -0.285. The van der Waals surface area contributed by atoms with E-state index in [1.165, 1.54) is 6.07 Å². The van der Waals surface area contributed by atoms with Gasteiger partial charge in [-0.1, -0.05) is 12.8 Å². The number of nitrogens with one attached hydrogen (secondary N) is 1. The fourth-order valence-electron chi connectivity index (χ4n) is 1.16. The Balaban J connectivity index is 2.81. The van der Waals surface area contributed by atoms with Gasteiger partial charge in [-0.05, 0) is 40.5 Å². The van der Waals surface area contributed by atoms with Crippen LogP contribution in [0.1, 0.15) is 23.7 Å². The Morgan fingerprint density at radius 3 is 2.88 bits per heavy atom. The number of phenolic OH excluding ortho intramolecular Hbond substituents is 1. The molecule has 3 nitrogen and oxygen atoms in total. The Labute approximate surface area is 103 Å². The van der Waals surface area contributed by atoms with E-state index in [0.717, 1.165) is 0 Å². The van der Waals surface area contributed by atoms with Crippen LogP contribution < -0.4 is 5.32 Å². The van der Waals surface area contributed by atoms with Crippen molar-refractivity contribution in [3.63, 3.8) is 0 Å². The van der Waals surface area contributed by atoms with E-state index >= 15 is 0 Å². The number of phenols is 1. The highest BCUT2D eigenvalue weighted by atomic mass is 79.9. The van der Waals surface area contributed by atoms with E-state index in [1.54, 1.807) is 12.1 Å². The van der Waals surface area contributed by atoms with Crippen LogP contribution in [0, 0.1) is 12.3 Å². The Morgan fingerprint density at radius 2 is 2.38 bits per heavy atom. The van der Waals surface area contributed by atoms with Gasteiger partial charge in [0.25, 0.3) is 5.91 Å². The number of aromatic hydroxyl groups is 1. The maximum Gasteiger partial charge on any atom is 0.252 e. The van der Waals surface area contributed by atoms with Crippen LogP contribution in [-0.4, -0.2) is 17.1 Å². The molecular formula is C12H12BrNO2. The average Bonchev–Trinajstić information content (AvgIpc) is 2.29. The van der Waals surface area contributed by atoms with Crippen molar-refractivity contribution in [1.29, 1.82) is 0 Å². The quantitative estimate of drug-likeness (QED) is 0.836. The third kappa shape index (κ3) is 3.01. The van der Waals surface area contributed by atoms with Crippen LogP contribution in [0.2, 0.25) is 0 Å². The van der Waals surface area contributed by atoms with Gasteiger partial charge in [0.05, 0.1) is 10.5 Å². The molecule has 16 heavy (non-hydrogen) atoms. The summed E-state index contributed by atoms with van der Waals surface area (Å²) in [7, 11) is 0. The summed E-state index contributed by atoms with van der Waals surface area (Å²) < 4.78 is 0.549. The molecule has 0 saturated carbocycles. The van der Waals surface area contributed by atoms with Gasteiger partial charge in [-0.2, -0.15) is 0 Å². The van der Waals surface area contributed by atoms with Crippen molar-refractivity contribution >= 4 is 21.8 Å². The smallest absolute Gasteiger partial charge is 0.252 e. The molecule has 0 bridgehead atoms. The summed E-state index contributed by atoms with van der Waals surface area (Å²) in [6, 6.07) is 4.34. The largest absolute Gasteiger partial charge is 0.507 e. The maximum atomic E-state index is 11.7. The number of halogens is 1. The molecular weight excluding hydrogens is 270 g/mol. The number of rotatable bonds is 3. The summed E-state index contributed by atoms with van der Waals surface area (Å²) in [5.41, 5.74) is 0.384. The van der Waals surface area contributed by atoms with Crippen LogP contribution in [0.4, 0.5) is 0 Å². The highest BCUT2D eigenvalue weighted by Gasteiger charge is 2.11. The Bertz CT molecular complexity index is 437. The zero-order valence-corrected chi connectivity index (χ0v) is 10.4. The van der Waals surface area contributed by atoms with Gasteiger partial charge in [-0.15, -0.1) is 6.42 Å². The van der Waals surface area contributed by atoms with Gasteiger partial charge >= 0.3 is 0 Å². The summed E-state index contributed by atoms with van der Waals surface area (Å²) in [5.74, 6) is 2.22. The SMILES string of the molecule is C#CC(CC)NC(=O)c1ccc(Br)c(O)c1. The van der Waals surface area contributed by atoms with Gasteiger partial charge in [0.2, 0.25) is 0 Å². The minimum absolute atomic E-state index is 0.0291. The van der Waals surface area contributed by atoms with Crippen molar-refractivity contribution in [2.24, 2.45) is 0 Å². The van der Waals surface area contributed by atoms with Crippen molar-refractivity contribution in [3.05, 3.63) is 28.2 Å². The predicted octanol–water partition coefficient (Wildman–Crippen LogP) is 2.30. The van der Waals surface area contributed by atoms with E-state index < -0.39 is 0 Å². The Morgan fingerprint density at radius 1 is 1.69 bits per heavy atom.